The number of hydrogen-bond donors (Lipinski definition) is 2. The lowest BCUT2D eigenvalue weighted by Crippen LogP contribution is -2.45. The summed E-state index contributed by atoms with van der Waals surface area (Å²) in [5.74, 6) is -0.345. The zero-order valence-electron chi connectivity index (χ0n) is 19.4. The number of amides is 2. The summed E-state index contributed by atoms with van der Waals surface area (Å²) >= 11 is 6.16. The normalized spacial score (nSPS) is 17.2. The van der Waals surface area contributed by atoms with Crippen LogP contribution in [0.25, 0.3) is 0 Å². The first kappa shape index (κ1) is 25.5. The van der Waals surface area contributed by atoms with Gasteiger partial charge in [0, 0.05) is 23.4 Å². The fourth-order valence-corrected chi connectivity index (χ4v) is 4.01. The number of H-pyrrole nitrogens is 1. The molecule has 10 nitrogen and oxygen atoms in total. The molecule has 11 heteroatoms. The molecule has 0 saturated carbocycles. The first-order valence-corrected chi connectivity index (χ1v) is 11.5. The van der Waals surface area contributed by atoms with Crippen LogP contribution in [0.1, 0.15) is 43.9 Å². The van der Waals surface area contributed by atoms with Crippen LogP contribution < -0.4 is 15.8 Å². The number of aliphatic imine (C=N–C) groups is 1. The van der Waals surface area contributed by atoms with Crippen molar-refractivity contribution in [1.82, 2.24) is 15.5 Å². The first-order chi connectivity index (χ1) is 16.4. The molecule has 0 fully saturated rings. The van der Waals surface area contributed by atoms with Gasteiger partial charge in [-0.15, -0.1) is 0 Å². The lowest BCUT2D eigenvalue weighted by atomic mass is 9.95. The summed E-state index contributed by atoms with van der Waals surface area (Å²) < 4.78 is 10.6. The molecular formula is C23H29ClN4O6. The van der Waals surface area contributed by atoms with Gasteiger partial charge < -0.3 is 9.26 Å². The minimum absolute atomic E-state index is 0.00183. The van der Waals surface area contributed by atoms with Gasteiger partial charge in [0.15, 0.2) is 0 Å². The fraction of sp³-hybridized carbons (Fsp3) is 0.478. The number of amidine groups is 1. The van der Waals surface area contributed by atoms with Crippen molar-refractivity contribution < 1.29 is 23.7 Å². The number of halogens is 1. The van der Waals surface area contributed by atoms with E-state index >= 15 is 0 Å². The molecule has 2 amide bonds. The molecule has 0 aliphatic carbocycles. The van der Waals surface area contributed by atoms with Crippen LogP contribution in [0.5, 0.6) is 5.75 Å². The van der Waals surface area contributed by atoms with Crippen molar-refractivity contribution in [2.75, 3.05) is 26.8 Å². The third-order valence-corrected chi connectivity index (χ3v) is 5.86. The van der Waals surface area contributed by atoms with Crippen molar-refractivity contribution in [1.29, 1.82) is 0 Å². The molecule has 0 saturated heterocycles. The van der Waals surface area contributed by atoms with Crippen molar-refractivity contribution in [2.24, 2.45) is 10.9 Å². The largest absolute Gasteiger partial charge is 0.496 e. The Morgan fingerprint density at radius 2 is 2.15 bits per heavy atom. The summed E-state index contributed by atoms with van der Waals surface area (Å²) in [4.78, 5) is 49.2. The van der Waals surface area contributed by atoms with E-state index in [1.165, 1.54) is 11.0 Å². The monoisotopic (exact) mass is 492 g/mol. The number of aromatic amines is 1. The van der Waals surface area contributed by atoms with Crippen LogP contribution in [-0.4, -0.2) is 54.5 Å². The van der Waals surface area contributed by atoms with Gasteiger partial charge in [0.25, 0.3) is 5.56 Å². The van der Waals surface area contributed by atoms with Gasteiger partial charge in [-0.1, -0.05) is 18.5 Å². The van der Waals surface area contributed by atoms with Crippen LogP contribution >= 0.6 is 11.6 Å². The van der Waals surface area contributed by atoms with Gasteiger partial charge in [-0.05, 0) is 43.5 Å². The van der Waals surface area contributed by atoms with Crippen LogP contribution in [0.2, 0.25) is 5.02 Å². The lowest BCUT2D eigenvalue weighted by molar-refractivity contribution is -0.146. The third kappa shape index (κ3) is 6.27. The van der Waals surface area contributed by atoms with E-state index in [1.54, 1.807) is 25.3 Å². The van der Waals surface area contributed by atoms with E-state index in [1.807, 2.05) is 13.8 Å². The molecular weight excluding hydrogens is 464 g/mol. The van der Waals surface area contributed by atoms with E-state index < -0.39 is 11.8 Å². The fourth-order valence-electron chi connectivity index (χ4n) is 3.82. The molecule has 2 atom stereocenters. The molecule has 1 aromatic heterocycles. The van der Waals surface area contributed by atoms with E-state index in [9.17, 15) is 14.4 Å². The Kier molecular flexibility index (Phi) is 8.89. The summed E-state index contributed by atoms with van der Waals surface area (Å²) in [6.45, 7) is 4.19. The number of ether oxygens (including phenoxy) is 1. The highest BCUT2D eigenvalue weighted by Gasteiger charge is 2.34. The van der Waals surface area contributed by atoms with E-state index in [4.69, 9.17) is 25.7 Å². The molecule has 1 unspecified atom stereocenters. The molecule has 3 rings (SSSR count). The van der Waals surface area contributed by atoms with Crippen molar-refractivity contribution in [2.45, 2.75) is 39.0 Å². The van der Waals surface area contributed by atoms with Crippen LogP contribution in [0.15, 0.2) is 38.6 Å². The number of rotatable bonds is 9. The lowest BCUT2D eigenvalue weighted by Gasteiger charge is -2.25. The minimum Gasteiger partial charge on any atom is -0.496 e. The van der Waals surface area contributed by atoms with Gasteiger partial charge in [-0.25, -0.2) is 0 Å². The van der Waals surface area contributed by atoms with Crippen molar-refractivity contribution >= 4 is 29.3 Å². The van der Waals surface area contributed by atoms with Crippen LogP contribution in [0.3, 0.4) is 0 Å². The number of nitrogens with one attached hydrogen (secondary N) is 2. The molecule has 34 heavy (non-hydrogen) atoms. The van der Waals surface area contributed by atoms with Gasteiger partial charge in [0.1, 0.15) is 17.3 Å². The Bertz CT molecular complexity index is 1100. The molecule has 2 heterocycles. The van der Waals surface area contributed by atoms with E-state index in [0.717, 1.165) is 5.56 Å². The van der Waals surface area contributed by atoms with Gasteiger partial charge in [0.2, 0.25) is 11.8 Å². The van der Waals surface area contributed by atoms with Crippen molar-refractivity contribution in [3.63, 3.8) is 0 Å². The van der Waals surface area contributed by atoms with Crippen LogP contribution in [0.4, 0.5) is 0 Å². The molecule has 0 spiro atoms. The minimum atomic E-state index is -0.609. The standard InChI is InChI=1S/C23H29ClN4O6/c1-4-14(19-11-21(29)27-34-19)10-22(30)28-13-20(26-33-5-2)25-12-16(23(28)31)8-15-9-17(24)6-7-18(15)32-3/h6-7,9,11,14,16H,4-5,8,10,12-13H2,1-3H3,(H,25,26)(H,27,29)/t14-,16?/m0/s1. The predicted octanol–water partition coefficient (Wildman–Crippen LogP) is 2.68. The zero-order valence-corrected chi connectivity index (χ0v) is 20.2. The summed E-state index contributed by atoms with van der Waals surface area (Å²) in [7, 11) is 1.55. The number of carbonyl (C=O) groups excluding carboxylic acids is 2. The first-order valence-electron chi connectivity index (χ1n) is 11.1. The quantitative estimate of drug-likeness (QED) is 0.515. The number of methoxy groups -OCH3 is 1. The van der Waals surface area contributed by atoms with Gasteiger partial charge in [-0.3, -0.25) is 34.6 Å². The number of hydroxylamine groups is 1. The van der Waals surface area contributed by atoms with E-state index in [0.29, 0.717) is 41.8 Å². The molecule has 1 aliphatic heterocycles. The molecule has 0 radical (unpaired) electrons. The SMILES string of the molecule is CCONC1=NCC(Cc2cc(Cl)ccc2OC)C(=O)N(C(=O)C[C@H](CC)c2cc(=O)[nH]o2)C1. The maximum Gasteiger partial charge on any atom is 0.280 e. The summed E-state index contributed by atoms with van der Waals surface area (Å²) in [6.07, 6.45) is 0.843. The second kappa shape index (κ2) is 11.8. The molecule has 0 bridgehead atoms. The van der Waals surface area contributed by atoms with Crippen molar-refractivity contribution in [3.05, 3.63) is 51.0 Å². The van der Waals surface area contributed by atoms with Gasteiger partial charge in [0.05, 0.1) is 32.7 Å². The highest BCUT2D eigenvalue weighted by Crippen LogP contribution is 2.28. The molecule has 1 aromatic carbocycles. The van der Waals surface area contributed by atoms with E-state index in [-0.39, 0.29) is 36.9 Å². The second-order valence-corrected chi connectivity index (χ2v) is 8.36. The summed E-state index contributed by atoms with van der Waals surface area (Å²) in [5.41, 5.74) is 3.10. The number of carbonyl (C=O) groups is 2. The van der Waals surface area contributed by atoms with Gasteiger partial charge >= 0.3 is 0 Å². The van der Waals surface area contributed by atoms with Crippen molar-refractivity contribution in [3.8, 4) is 5.75 Å². The topological polar surface area (TPSA) is 126 Å². The molecule has 1 aliphatic rings. The Morgan fingerprint density at radius 1 is 1.35 bits per heavy atom. The summed E-state index contributed by atoms with van der Waals surface area (Å²) in [5, 5.41) is 2.76. The highest BCUT2D eigenvalue weighted by molar-refractivity contribution is 6.30. The number of hydrogen-bond acceptors (Lipinski definition) is 8. The molecule has 2 N–H and O–H groups in total. The van der Waals surface area contributed by atoms with Crippen LogP contribution in [-0.2, 0) is 20.8 Å². The smallest absolute Gasteiger partial charge is 0.280 e. The Labute approximate surface area is 202 Å². The number of nitrogens with zero attached hydrogens (tertiary/aromatic N) is 2. The van der Waals surface area contributed by atoms with E-state index in [2.05, 4.69) is 15.6 Å². The number of aromatic nitrogens is 1. The second-order valence-electron chi connectivity index (χ2n) is 7.92. The zero-order chi connectivity index (χ0) is 24.7. The Balaban J connectivity index is 1.86. The third-order valence-electron chi connectivity index (χ3n) is 5.63. The molecule has 2 aromatic rings. The average Bonchev–Trinajstić information content (AvgIpc) is 3.19. The summed E-state index contributed by atoms with van der Waals surface area (Å²) in [6, 6.07) is 6.52. The Hall–Kier alpha value is -3.11. The van der Waals surface area contributed by atoms with Crippen LogP contribution in [0, 0.1) is 5.92 Å². The highest BCUT2D eigenvalue weighted by atomic mass is 35.5. The number of imide groups is 1. The van der Waals surface area contributed by atoms with Gasteiger partial charge in [-0.2, -0.15) is 5.16 Å². The average molecular weight is 493 g/mol. The predicted molar refractivity (Wildman–Crippen MR) is 126 cm³/mol. The maximum absolute atomic E-state index is 13.5. The Morgan fingerprint density at radius 3 is 2.79 bits per heavy atom. The maximum atomic E-state index is 13.5. The molecule has 184 valence electrons. The number of benzene rings is 1.